The number of aromatic carboxylic acids is 1. The highest BCUT2D eigenvalue weighted by atomic mass is 16.5. The second-order valence-corrected chi connectivity index (χ2v) is 4.89. The van der Waals surface area contributed by atoms with Crippen molar-refractivity contribution >= 4 is 25.1 Å². The highest BCUT2D eigenvalue weighted by Gasteiger charge is 2.07. The fraction of sp³-hybridized carbons (Fsp3) is 0.267. The average molecular weight is 314 g/mol. The third kappa shape index (κ3) is 4.60. The minimum absolute atomic E-state index is 0.0504. The standard InChI is InChI=1S/C15H15BN2O5/c16-15(22)17-5-1-2-6-23-12-4-3-11-7-10(14(20)21)8-13(19)18(11)9-12/h3-4,7-9H,1-2,5-6H2,(H,17,22)(H,20,21). The van der Waals surface area contributed by atoms with Gasteiger partial charge in [-0.15, -0.1) is 0 Å². The van der Waals surface area contributed by atoms with Gasteiger partial charge in [-0.1, -0.05) is 0 Å². The number of nitrogens with one attached hydrogen (secondary N) is 1. The van der Waals surface area contributed by atoms with E-state index in [1.54, 1.807) is 12.1 Å². The number of hydrogen-bond donors (Lipinski definition) is 2. The summed E-state index contributed by atoms with van der Waals surface area (Å²) in [6.07, 6.45) is 2.95. The summed E-state index contributed by atoms with van der Waals surface area (Å²) in [6.45, 7) is 0.905. The molecule has 1 amide bonds. The van der Waals surface area contributed by atoms with E-state index < -0.39 is 17.3 Å². The van der Waals surface area contributed by atoms with E-state index >= 15 is 0 Å². The smallest absolute Gasteiger partial charge is 0.335 e. The van der Waals surface area contributed by atoms with Gasteiger partial charge in [0, 0.05) is 18.1 Å². The number of hydrogen-bond acceptors (Lipinski definition) is 4. The maximum atomic E-state index is 11.9. The molecule has 2 radical (unpaired) electrons. The van der Waals surface area contributed by atoms with Crippen LogP contribution in [0.2, 0.25) is 0 Å². The molecule has 2 aromatic rings. The highest BCUT2D eigenvalue weighted by Crippen LogP contribution is 2.13. The van der Waals surface area contributed by atoms with Gasteiger partial charge in [0.25, 0.3) is 5.56 Å². The molecule has 2 N–H and O–H groups in total. The number of carbonyl (C=O) groups is 2. The Balaban J connectivity index is 1.99. The molecule has 2 heterocycles. The monoisotopic (exact) mass is 314 g/mol. The van der Waals surface area contributed by atoms with Crippen molar-refractivity contribution in [3.05, 3.63) is 46.4 Å². The van der Waals surface area contributed by atoms with E-state index in [1.165, 1.54) is 16.7 Å². The van der Waals surface area contributed by atoms with Crippen LogP contribution in [-0.2, 0) is 0 Å². The predicted octanol–water partition coefficient (Wildman–Crippen LogP) is 1.03. The fourth-order valence-electron chi connectivity index (χ4n) is 2.04. The molecule has 2 aromatic heterocycles. The van der Waals surface area contributed by atoms with Crippen LogP contribution in [0.25, 0.3) is 5.52 Å². The molecule has 0 aliphatic rings. The van der Waals surface area contributed by atoms with Crippen LogP contribution in [0.5, 0.6) is 5.75 Å². The second kappa shape index (κ2) is 7.48. The molecule has 23 heavy (non-hydrogen) atoms. The number of aromatic nitrogens is 1. The van der Waals surface area contributed by atoms with Crippen LogP contribution in [-0.4, -0.2) is 42.3 Å². The number of rotatable bonds is 7. The van der Waals surface area contributed by atoms with Crippen LogP contribution in [0, 0.1) is 0 Å². The minimum Gasteiger partial charge on any atom is -0.492 e. The Labute approximate surface area is 133 Å². The Kier molecular flexibility index (Phi) is 5.40. The van der Waals surface area contributed by atoms with E-state index in [0.717, 1.165) is 12.5 Å². The first-order chi connectivity index (χ1) is 11.0. The number of carboxylic acids is 1. The van der Waals surface area contributed by atoms with Crippen molar-refractivity contribution in [3.8, 4) is 5.75 Å². The van der Waals surface area contributed by atoms with Crippen molar-refractivity contribution in [3.63, 3.8) is 0 Å². The zero-order valence-corrected chi connectivity index (χ0v) is 12.3. The van der Waals surface area contributed by atoms with Gasteiger partial charge in [0.15, 0.2) is 13.7 Å². The van der Waals surface area contributed by atoms with Crippen molar-refractivity contribution in [2.24, 2.45) is 0 Å². The lowest BCUT2D eigenvalue weighted by molar-refractivity contribution is 0.0696. The SMILES string of the molecule is [B]C(=O)NCCCCOc1ccc2cc(C(=O)O)cc(=O)n2c1. The van der Waals surface area contributed by atoms with Gasteiger partial charge in [0.05, 0.1) is 18.4 Å². The first kappa shape index (κ1) is 16.6. The van der Waals surface area contributed by atoms with Gasteiger partial charge in [-0.25, -0.2) is 4.79 Å². The van der Waals surface area contributed by atoms with E-state index in [1.807, 2.05) is 0 Å². The summed E-state index contributed by atoms with van der Waals surface area (Å²) < 4.78 is 6.86. The zero-order valence-electron chi connectivity index (χ0n) is 12.3. The number of amides is 1. The number of nitrogens with zero attached hydrogens (tertiary/aromatic N) is 1. The topological polar surface area (TPSA) is 97.1 Å². The van der Waals surface area contributed by atoms with Gasteiger partial charge in [-0.05, 0) is 31.0 Å². The maximum Gasteiger partial charge on any atom is 0.335 e. The van der Waals surface area contributed by atoms with Gasteiger partial charge in [0.2, 0.25) is 0 Å². The zero-order chi connectivity index (χ0) is 16.8. The molecule has 0 spiro atoms. The molecule has 2 rings (SSSR count). The number of pyridine rings is 2. The molecule has 0 unspecified atom stereocenters. The lowest BCUT2D eigenvalue weighted by Gasteiger charge is -2.08. The Morgan fingerprint density at radius 1 is 1.26 bits per heavy atom. The molecule has 0 aromatic carbocycles. The van der Waals surface area contributed by atoms with Gasteiger partial charge in [0.1, 0.15) is 5.75 Å². The summed E-state index contributed by atoms with van der Waals surface area (Å²) in [5.74, 6) is -1.19. The molecular weight excluding hydrogens is 299 g/mol. The van der Waals surface area contributed by atoms with Crippen LogP contribution < -0.4 is 15.6 Å². The molecule has 0 aliphatic heterocycles. The summed E-state index contributed by atoms with van der Waals surface area (Å²) in [6, 6.07) is 5.78. The number of carbonyl (C=O) groups excluding carboxylic acids is 1. The van der Waals surface area contributed by atoms with Crippen LogP contribution in [0.3, 0.4) is 0 Å². The second-order valence-electron chi connectivity index (χ2n) is 4.89. The normalized spacial score (nSPS) is 10.4. The van der Waals surface area contributed by atoms with Crippen LogP contribution in [0.4, 0.5) is 4.79 Å². The van der Waals surface area contributed by atoms with Crippen LogP contribution in [0.15, 0.2) is 35.3 Å². The average Bonchev–Trinajstić information content (AvgIpc) is 2.50. The third-order valence-electron chi connectivity index (χ3n) is 3.16. The minimum atomic E-state index is -1.14. The molecule has 0 atom stereocenters. The first-order valence-corrected chi connectivity index (χ1v) is 7.03. The Hall–Kier alpha value is -2.77. The lowest BCUT2D eigenvalue weighted by atomic mass is 10.1. The Morgan fingerprint density at radius 3 is 2.74 bits per heavy atom. The van der Waals surface area contributed by atoms with E-state index in [9.17, 15) is 14.4 Å². The molecule has 0 saturated heterocycles. The molecule has 0 fully saturated rings. The Morgan fingerprint density at radius 2 is 2.04 bits per heavy atom. The summed E-state index contributed by atoms with van der Waals surface area (Å²) in [5.41, 5.74) is -0.00506. The predicted molar refractivity (Wildman–Crippen MR) is 84.5 cm³/mol. The van der Waals surface area contributed by atoms with E-state index in [-0.39, 0.29) is 5.56 Å². The number of fused-ring (bicyclic) bond motifs is 1. The third-order valence-corrected chi connectivity index (χ3v) is 3.16. The van der Waals surface area contributed by atoms with Crippen molar-refractivity contribution in [1.82, 2.24) is 9.72 Å². The molecule has 7 nitrogen and oxygen atoms in total. The molecule has 0 bridgehead atoms. The van der Waals surface area contributed by atoms with Gasteiger partial charge in [-0.2, -0.15) is 0 Å². The number of carboxylic acid groups (broad SMARTS) is 1. The van der Waals surface area contributed by atoms with Crippen molar-refractivity contribution in [1.29, 1.82) is 0 Å². The molecule has 8 heteroatoms. The summed E-state index contributed by atoms with van der Waals surface area (Å²) in [4.78, 5) is 33.3. The number of ether oxygens (including phenoxy) is 1. The molecule has 0 saturated carbocycles. The maximum absolute atomic E-state index is 11.9. The first-order valence-electron chi connectivity index (χ1n) is 7.03. The molecule has 118 valence electrons. The quantitative estimate of drug-likeness (QED) is 0.588. The van der Waals surface area contributed by atoms with E-state index in [0.29, 0.717) is 30.8 Å². The summed E-state index contributed by atoms with van der Waals surface area (Å²) >= 11 is 0. The van der Waals surface area contributed by atoms with Gasteiger partial charge >= 0.3 is 5.97 Å². The van der Waals surface area contributed by atoms with Crippen molar-refractivity contribution < 1.29 is 19.4 Å². The summed E-state index contributed by atoms with van der Waals surface area (Å²) in [7, 11) is 4.94. The molecule has 0 aliphatic carbocycles. The van der Waals surface area contributed by atoms with Crippen molar-refractivity contribution in [2.45, 2.75) is 12.8 Å². The van der Waals surface area contributed by atoms with Crippen LogP contribution >= 0.6 is 0 Å². The lowest BCUT2D eigenvalue weighted by Crippen LogP contribution is -2.22. The highest BCUT2D eigenvalue weighted by molar-refractivity contribution is 6.57. The number of unbranched alkanes of at least 4 members (excludes halogenated alkanes) is 1. The van der Waals surface area contributed by atoms with Crippen molar-refractivity contribution in [2.75, 3.05) is 13.2 Å². The molecular formula is C15H15BN2O5. The van der Waals surface area contributed by atoms with Gasteiger partial charge < -0.3 is 15.2 Å². The Bertz CT molecular complexity index is 787. The van der Waals surface area contributed by atoms with E-state index in [2.05, 4.69) is 5.32 Å². The van der Waals surface area contributed by atoms with Gasteiger partial charge in [-0.3, -0.25) is 14.0 Å². The summed E-state index contributed by atoms with van der Waals surface area (Å²) in [5, 5.41) is 11.4. The van der Waals surface area contributed by atoms with Crippen LogP contribution in [0.1, 0.15) is 23.2 Å². The van der Waals surface area contributed by atoms with E-state index in [4.69, 9.17) is 17.7 Å². The fourth-order valence-corrected chi connectivity index (χ4v) is 2.04. The largest absolute Gasteiger partial charge is 0.492 e.